The first-order valence-corrected chi connectivity index (χ1v) is 9.99. The summed E-state index contributed by atoms with van der Waals surface area (Å²) in [5.74, 6) is 0. The normalized spacial score (nSPS) is 9.50. The number of hydrogen-bond acceptors (Lipinski definition) is 0. The van der Waals surface area contributed by atoms with E-state index in [4.69, 9.17) is 0 Å². The second-order valence-corrected chi connectivity index (χ2v) is 12.7. The number of hydrogen-bond donors (Lipinski definition) is 0. The van der Waals surface area contributed by atoms with Crippen molar-refractivity contribution in [3.05, 3.63) is 29.8 Å². The molecule has 0 heterocycles. The number of halogens is 2. The van der Waals surface area contributed by atoms with Gasteiger partial charge in [-0.15, -0.1) is 0 Å². The smallest absolute Gasteiger partial charge is 0.189 e. The van der Waals surface area contributed by atoms with E-state index < -0.39 is 10.5 Å². The molecule has 0 unspecified atom stereocenters. The van der Waals surface area contributed by atoms with E-state index in [0.29, 0.717) is 0 Å². The molecule has 0 atom stereocenters. The minimum absolute atomic E-state index is 0.924. The average molecular weight is 278 g/mol. The molecule has 1 aromatic carbocycles. The van der Waals surface area contributed by atoms with Crippen LogP contribution in [0.3, 0.4) is 0 Å². The van der Waals surface area contributed by atoms with Crippen molar-refractivity contribution in [3.8, 4) is 0 Å². The van der Waals surface area contributed by atoms with Gasteiger partial charge in [-0.2, -0.15) is 28.1 Å². The Morgan fingerprint density at radius 1 is 1.10 bits per heavy atom. The molecule has 1 rings (SSSR count). The Kier molecular flexibility index (Phi) is 3.45. The Labute approximate surface area is 79.3 Å². The van der Waals surface area contributed by atoms with E-state index in [2.05, 4.69) is 59.3 Å². The molecule has 3 heteroatoms. The van der Waals surface area contributed by atoms with Crippen LogP contribution in [0.15, 0.2) is 24.3 Å². The number of benzene rings is 1. The van der Waals surface area contributed by atoms with Crippen molar-refractivity contribution in [1.82, 2.24) is 0 Å². The van der Waals surface area contributed by atoms with Crippen LogP contribution in [0.2, 0.25) is 0 Å². The molecule has 0 saturated heterocycles. The highest BCUT2D eigenvalue weighted by molar-refractivity contribution is 9.49. The summed E-state index contributed by atoms with van der Waals surface area (Å²) in [6, 6.07) is 8.60. The average Bonchev–Trinajstić information content (AvgIpc) is 1.88. The van der Waals surface area contributed by atoms with E-state index in [1.165, 1.54) is 9.99 Å². The molecule has 0 spiro atoms. The zero-order valence-electron chi connectivity index (χ0n) is 5.64. The van der Waals surface area contributed by atoms with Crippen molar-refractivity contribution in [1.29, 1.82) is 0 Å². The van der Waals surface area contributed by atoms with Crippen LogP contribution in [0.1, 0.15) is 5.56 Å². The Bertz CT molecular complexity index is 205. The van der Waals surface area contributed by atoms with Gasteiger partial charge >= 0.3 is 10.5 Å². The highest BCUT2D eigenvalue weighted by atomic mass is 79.9. The molecule has 0 bridgehead atoms. The molecule has 0 N–H and O–H groups in total. The Balaban J connectivity index is 2.89. The Morgan fingerprint density at radius 3 is 2.00 bits per heavy atom. The standard InChI is InChI=1S/C7H7.Al.2BrH/c1-7-5-3-2-4-6-7;;;/h3-6H,1H3;;2*1H/q;+2;;/p-2. The molecule has 52 valence electrons. The van der Waals surface area contributed by atoms with Crippen LogP contribution in [-0.2, 0) is 0 Å². The van der Waals surface area contributed by atoms with Crippen LogP contribution in [-0.4, -0.2) is 10.5 Å². The van der Waals surface area contributed by atoms with E-state index in [1.807, 2.05) is 0 Å². The van der Waals surface area contributed by atoms with Gasteiger partial charge in [-0.05, 0) is 6.92 Å². The summed E-state index contributed by atoms with van der Waals surface area (Å²) in [6.45, 7) is 2.10. The predicted molar refractivity (Wildman–Crippen MR) is 54.4 cm³/mol. The first-order valence-electron chi connectivity index (χ1n) is 3.05. The van der Waals surface area contributed by atoms with Gasteiger partial charge in [0, 0.05) is 0 Å². The van der Waals surface area contributed by atoms with E-state index in [1.54, 1.807) is 0 Å². The molecule has 0 aromatic heterocycles. The third-order valence-electron chi connectivity index (χ3n) is 1.33. The van der Waals surface area contributed by atoms with Gasteiger partial charge in [-0.25, -0.2) is 0 Å². The van der Waals surface area contributed by atoms with E-state index >= 15 is 0 Å². The van der Waals surface area contributed by atoms with Gasteiger partial charge in [0.15, 0.2) is 0 Å². The van der Waals surface area contributed by atoms with Crippen LogP contribution in [0, 0.1) is 6.92 Å². The third-order valence-corrected chi connectivity index (χ3v) is 5.39. The molecule has 0 fully saturated rings. The second-order valence-electron chi connectivity index (χ2n) is 2.21. The molecule has 1 aromatic rings. The van der Waals surface area contributed by atoms with Crippen LogP contribution in [0.25, 0.3) is 0 Å². The largest absolute Gasteiger partial charge is 0.491 e. The molecule has 0 nitrogen and oxygen atoms in total. The van der Waals surface area contributed by atoms with Gasteiger partial charge in [0.2, 0.25) is 0 Å². The SMILES string of the molecule is Cc1cc[c]([Al]([Br])[Br])cc1. The summed E-state index contributed by atoms with van der Waals surface area (Å²) in [5.41, 5.74) is 1.32. The molecule has 0 aliphatic heterocycles. The zero-order chi connectivity index (χ0) is 7.56. The third kappa shape index (κ3) is 2.39. The first kappa shape index (κ1) is 8.81. The van der Waals surface area contributed by atoms with Gasteiger partial charge in [0.05, 0.1) is 0 Å². The number of aryl methyl sites for hydroxylation is 1. The molecule has 10 heavy (non-hydrogen) atoms. The van der Waals surface area contributed by atoms with Crippen LogP contribution in [0.4, 0.5) is 0 Å². The fraction of sp³-hybridized carbons (Fsp3) is 0.143. The van der Waals surface area contributed by atoms with Crippen molar-refractivity contribution < 1.29 is 0 Å². The molecule has 0 aliphatic carbocycles. The topological polar surface area (TPSA) is 0 Å². The lowest BCUT2D eigenvalue weighted by Gasteiger charge is -1.96. The second kappa shape index (κ2) is 3.92. The number of rotatable bonds is 1. The molecule has 0 amide bonds. The maximum Gasteiger partial charge on any atom is 0.491 e. The van der Waals surface area contributed by atoms with Crippen molar-refractivity contribution in [3.63, 3.8) is 0 Å². The summed E-state index contributed by atoms with van der Waals surface area (Å²) >= 11 is 7.13. The highest BCUT2D eigenvalue weighted by Crippen LogP contribution is 2.03. The van der Waals surface area contributed by atoms with Crippen molar-refractivity contribution in [2.45, 2.75) is 6.92 Å². The summed E-state index contributed by atoms with van der Waals surface area (Å²) in [4.78, 5) is 0. The minimum Gasteiger partial charge on any atom is -0.189 e. The quantitative estimate of drug-likeness (QED) is 0.692. The lowest BCUT2D eigenvalue weighted by atomic mass is 10.2. The van der Waals surface area contributed by atoms with Crippen molar-refractivity contribution in [2.75, 3.05) is 0 Å². The van der Waals surface area contributed by atoms with Gasteiger partial charge in [-0.3, -0.25) is 0 Å². The molecular weight excluding hydrogens is 271 g/mol. The fourth-order valence-corrected chi connectivity index (χ4v) is 3.03. The summed E-state index contributed by atoms with van der Waals surface area (Å²) < 4.78 is 1.39. The van der Waals surface area contributed by atoms with Gasteiger partial charge in [0.1, 0.15) is 0 Å². The maximum absolute atomic E-state index is 3.56. The summed E-state index contributed by atoms with van der Waals surface area (Å²) in [7, 11) is -0.924. The Morgan fingerprint density at radius 2 is 1.60 bits per heavy atom. The van der Waals surface area contributed by atoms with Gasteiger partial charge < -0.3 is 0 Å². The summed E-state index contributed by atoms with van der Waals surface area (Å²) in [6.07, 6.45) is 0. The van der Waals surface area contributed by atoms with E-state index in [0.717, 1.165) is 0 Å². The van der Waals surface area contributed by atoms with Crippen molar-refractivity contribution in [2.24, 2.45) is 0 Å². The fourth-order valence-electron chi connectivity index (χ4n) is 0.712. The Hall–Kier alpha value is 0.712. The van der Waals surface area contributed by atoms with Crippen LogP contribution < -0.4 is 4.43 Å². The van der Waals surface area contributed by atoms with E-state index in [-0.39, 0.29) is 0 Å². The molecular formula is C7H7AlBr2. The molecule has 0 saturated carbocycles. The van der Waals surface area contributed by atoms with Crippen LogP contribution >= 0.6 is 28.1 Å². The van der Waals surface area contributed by atoms with Gasteiger partial charge in [0.25, 0.3) is 0 Å². The molecule has 0 aliphatic rings. The lowest BCUT2D eigenvalue weighted by molar-refractivity contribution is 1.49. The first-order chi connectivity index (χ1) is 4.70. The minimum atomic E-state index is -0.924. The summed E-state index contributed by atoms with van der Waals surface area (Å²) in [5, 5.41) is 0. The maximum atomic E-state index is 3.56. The zero-order valence-corrected chi connectivity index (χ0v) is 9.97. The molecule has 0 radical (unpaired) electrons. The lowest BCUT2D eigenvalue weighted by Crippen LogP contribution is -2.15. The monoisotopic (exact) mass is 276 g/mol. The van der Waals surface area contributed by atoms with E-state index in [9.17, 15) is 0 Å². The van der Waals surface area contributed by atoms with Crippen molar-refractivity contribution >= 4 is 43.0 Å². The highest BCUT2D eigenvalue weighted by Gasteiger charge is 2.10. The van der Waals surface area contributed by atoms with Gasteiger partial charge in [-0.1, -0.05) is 34.3 Å². The van der Waals surface area contributed by atoms with Crippen LogP contribution in [0.5, 0.6) is 0 Å². The predicted octanol–water partition coefficient (Wildman–Crippen LogP) is 2.48.